The lowest BCUT2D eigenvalue weighted by molar-refractivity contribution is -0.140. The first kappa shape index (κ1) is 21.9. The number of hydrogen-bond donors (Lipinski definition) is 2. The van der Waals surface area contributed by atoms with Gasteiger partial charge >= 0.3 is 5.97 Å². The molecule has 142 valence electrons. The molecular formula is C18H26IN5O2. The van der Waals surface area contributed by atoms with Gasteiger partial charge in [0.15, 0.2) is 5.96 Å². The van der Waals surface area contributed by atoms with E-state index in [1.54, 1.807) is 0 Å². The SMILES string of the molecule is CCNC(=NCCC(=O)OC)N(C)Cc1ncc(-c2ccccc2)[nH]1.I. The number of hydrogen-bond acceptors (Lipinski definition) is 4. The molecule has 0 unspecified atom stereocenters. The molecule has 0 aliphatic rings. The zero-order chi connectivity index (χ0) is 18.1. The number of ether oxygens (including phenoxy) is 1. The van der Waals surface area contributed by atoms with E-state index in [1.165, 1.54) is 7.11 Å². The van der Waals surface area contributed by atoms with Crippen LogP contribution < -0.4 is 5.32 Å². The normalized spacial score (nSPS) is 10.8. The smallest absolute Gasteiger partial charge is 0.307 e. The van der Waals surface area contributed by atoms with Crippen molar-refractivity contribution in [3.63, 3.8) is 0 Å². The van der Waals surface area contributed by atoms with Crippen LogP contribution in [0.3, 0.4) is 0 Å². The van der Waals surface area contributed by atoms with E-state index in [2.05, 4.69) is 25.0 Å². The fraction of sp³-hybridized carbons (Fsp3) is 0.389. The number of methoxy groups -OCH3 is 1. The molecule has 0 aliphatic heterocycles. The van der Waals surface area contributed by atoms with Crippen molar-refractivity contribution in [2.45, 2.75) is 19.9 Å². The molecule has 0 aliphatic carbocycles. The summed E-state index contributed by atoms with van der Waals surface area (Å²) in [5.41, 5.74) is 2.08. The topological polar surface area (TPSA) is 82.6 Å². The summed E-state index contributed by atoms with van der Waals surface area (Å²) in [6.45, 7) is 3.71. The molecule has 26 heavy (non-hydrogen) atoms. The van der Waals surface area contributed by atoms with E-state index < -0.39 is 0 Å². The lowest BCUT2D eigenvalue weighted by atomic mass is 10.2. The van der Waals surface area contributed by atoms with Crippen LogP contribution in [0.2, 0.25) is 0 Å². The van der Waals surface area contributed by atoms with Gasteiger partial charge in [0.05, 0.1) is 38.5 Å². The minimum atomic E-state index is -0.263. The summed E-state index contributed by atoms with van der Waals surface area (Å²) in [4.78, 5) is 25.4. The van der Waals surface area contributed by atoms with Crippen LogP contribution in [0.15, 0.2) is 41.5 Å². The minimum Gasteiger partial charge on any atom is -0.469 e. The van der Waals surface area contributed by atoms with Gasteiger partial charge in [0.2, 0.25) is 0 Å². The number of nitrogens with zero attached hydrogens (tertiary/aromatic N) is 3. The Balaban J connectivity index is 0.00000338. The number of aromatic amines is 1. The number of guanidine groups is 1. The van der Waals surface area contributed by atoms with Crippen molar-refractivity contribution in [3.8, 4) is 11.3 Å². The Bertz CT molecular complexity index is 703. The van der Waals surface area contributed by atoms with E-state index in [4.69, 9.17) is 0 Å². The van der Waals surface area contributed by atoms with Crippen LogP contribution in [-0.2, 0) is 16.1 Å². The third-order valence-electron chi connectivity index (χ3n) is 3.60. The van der Waals surface area contributed by atoms with Crippen LogP contribution in [-0.4, -0.2) is 54.0 Å². The van der Waals surface area contributed by atoms with Gasteiger partial charge in [-0.25, -0.2) is 4.98 Å². The van der Waals surface area contributed by atoms with Crippen LogP contribution in [0.4, 0.5) is 0 Å². The van der Waals surface area contributed by atoms with Gasteiger partial charge < -0.3 is 19.9 Å². The van der Waals surface area contributed by atoms with Crippen molar-refractivity contribution in [3.05, 3.63) is 42.4 Å². The lowest BCUT2D eigenvalue weighted by Crippen LogP contribution is -2.38. The van der Waals surface area contributed by atoms with Crippen LogP contribution in [0.1, 0.15) is 19.2 Å². The molecule has 0 fully saturated rings. The maximum absolute atomic E-state index is 11.2. The Labute approximate surface area is 171 Å². The Morgan fingerprint density at radius 3 is 2.73 bits per heavy atom. The van der Waals surface area contributed by atoms with Crippen LogP contribution in [0.25, 0.3) is 11.3 Å². The van der Waals surface area contributed by atoms with Crippen molar-refractivity contribution < 1.29 is 9.53 Å². The summed E-state index contributed by atoms with van der Waals surface area (Å²) in [5.74, 6) is 1.31. The number of carbonyl (C=O) groups excluding carboxylic acids is 1. The molecule has 1 aromatic carbocycles. The first-order chi connectivity index (χ1) is 12.1. The second-order valence-electron chi connectivity index (χ2n) is 5.53. The maximum Gasteiger partial charge on any atom is 0.307 e. The molecule has 2 N–H and O–H groups in total. The van der Waals surface area contributed by atoms with Crippen molar-refractivity contribution in [1.82, 2.24) is 20.2 Å². The number of esters is 1. The predicted molar refractivity (Wildman–Crippen MR) is 114 cm³/mol. The van der Waals surface area contributed by atoms with E-state index in [1.807, 2.05) is 55.4 Å². The summed E-state index contributed by atoms with van der Waals surface area (Å²) in [6.07, 6.45) is 2.10. The quantitative estimate of drug-likeness (QED) is 0.281. The lowest BCUT2D eigenvalue weighted by Gasteiger charge is -2.21. The van der Waals surface area contributed by atoms with Gasteiger partial charge in [0.1, 0.15) is 5.82 Å². The molecule has 8 heteroatoms. The summed E-state index contributed by atoms with van der Waals surface area (Å²) in [6, 6.07) is 10.1. The average molecular weight is 471 g/mol. The summed E-state index contributed by atoms with van der Waals surface area (Å²) in [7, 11) is 3.31. The minimum absolute atomic E-state index is 0. The standard InChI is InChI=1S/C18H25N5O2.HI/c1-4-19-18(20-11-10-17(24)25-3)23(2)13-16-21-12-15(22-16)14-8-6-5-7-9-14;/h5-9,12H,4,10-11,13H2,1-3H3,(H,19,20)(H,21,22);1H. The number of aliphatic imine (C=N–C) groups is 1. The molecule has 1 heterocycles. The number of aromatic nitrogens is 2. The fourth-order valence-electron chi connectivity index (χ4n) is 2.33. The number of halogens is 1. The Hall–Kier alpha value is -2.10. The van der Waals surface area contributed by atoms with Gasteiger partial charge in [-0.05, 0) is 12.5 Å². The van der Waals surface area contributed by atoms with Gasteiger partial charge in [-0.15, -0.1) is 24.0 Å². The van der Waals surface area contributed by atoms with Crippen molar-refractivity contribution in [2.24, 2.45) is 4.99 Å². The van der Waals surface area contributed by atoms with Gasteiger partial charge in [-0.1, -0.05) is 30.3 Å². The van der Waals surface area contributed by atoms with Gasteiger partial charge in [-0.2, -0.15) is 0 Å². The molecular weight excluding hydrogens is 445 g/mol. The first-order valence-corrected chi connectivity index (χ1v) is 8.29. The highest BCUT2D eigenvalue weighted by molar-refractivity contribution is 14.0. The number of carbonyl (C=O) groups is 1. The summed E-state index contributed by atoms with van der Waals surface area (Å²) < 4.78 is 4.64. The van der Waals surface area contributed by atoms with Gasteiger partial charge in [0, 0.05) is 13.6 Å². The largest absolute Gasteiger partial charge is 0.469 e. The molecule has 0 bridgehead atoms. The molecule has 2 rings (SSSR count). The first-order valence-electron chi connectivity index (χ1n) is 8.29. The van der Waals surface area contributed by atoms with Crippen LogP contribution in [0, 0.1) is 0 Å². The number of rotatable bonds is 7. The second kappa shape index (κ2) is 11.5. The molecule has 2 aromatic rings. The molecule has 1 aromatic heterocycles. The highest BCUT2D eigenvalue weighted by atomic mass is 127. The van der Waals surface area contributed by atoms with Crippen molar-refractivity contribution in [2.75, 3.05) is 27.2 Å². The number of nitrogens with one attached hydrogen (secondary N) is 2. The highest BCUT2D eigenvalue weighted by Crippen LogP contribution is 2.16. The van der Waals surface area contributed by atoms with E-state index in [0.717, 1.165) is 29.6 Å². The molecule has 7 nitrogen and oxygen atoms in total. The third kappa shape index (κ3) is 6.66. The maximum atomic E-state index is 11.2. The molecule has 0 saturated carbocycles. The number of benzene rings is 1. The molecule has 0 amide bonds. The van der Waals surface area contributed by atoms with E-state index in [-0.39, 0.29) is 36.4 Å². The van der Waals surface area contributed by atoms with E-state index >= 15 is 0 Å². The summed E-state index contributed by atoms with van der Waals surface area (Å²) in [5, 5.41) is 3.22. The fourth-order valence-corrected chi connectivity index (χ4v) is 2.33. The highest BCUT2D eigenvalue weighted by Gasteiger charge is 2.10. The monoisotopic (exact) mass is 471 g/mol. The number of H-pyrrole nitrogens is 1. The summed E-state index contributed by atoms with van der Waals surface area (Å²) >= 11 is 0. The van der Waals surface area contributed by atoms with E-state index in [9.17, 15) is 4.79 Å². The molecule has 0 atom stereocenters. The predicted octanol–water partition coefficient (Wildman–Crippen LogP) is 2.66. The number of imidazole rings is 1. The van der Waals surface area contributed by atoms with Gasteiger partial charge in [0.25, 0.3) is 0 Å². The van der Waals surface area contributed by atoms with Crippen molar-refractivity contribution >= 4 is 35.9 Å². The van der Waals surface area contributed by atoms with Gasteiger partial charge in [-0.3, -0.25) is 9.79 Å². The Kier molecular flexibility index (Phi) is 9.71. The Morgan fingerprint density at radius 1 is 1.35 bits per heavy atom. The Morgan fingerprint density at radius 2 is 2.08 bits per heavy atom. The molecule has 0 spiro atoms. The average Bonchev–Trinajstić information content (AvgIpc) is 3.10. The zero-order valence-corrected chi connectivity index (χ0v) is 17.7. The van der Waals surface area contributed by atoms with Crippen LogP contribution in [0.5, 0.6) is 0 Å². The molecule has 0 saturated heterocycles. The zero-order valence-electron chi connectivity index (χ0n) is 15.4. The van der Waals surface area contributed by atoms with Crippen molar-refractivity contribution in [1.29, 1.82) is 0 Å². The van der Waals surface area contributed by atoms with Crippen LogP contribution >= 0.6 is 24.0 Å². The molecule has 0 radical (unpaired) electrons. The second-order valence-corrected chi connectivity index (χ2v) is 5.53. The third-order valence-corrected chi connectivity index (χ3v) is 3.60. The van der Waals surface area contributed by atoms with E-state index in [0.29, 0.717) is 13.1 Å².